The van der Waals surface area contributed by atoms with Crippen molar-refractivity contribution in [2.24, 2.45) is 0 Å². The van der Waals surface area contributed by atoms with E-state index >= 15 is 0 Å². The molecule has 1 saturated heterocycles. The average Bonchev–Trinajstić information content (AvgIpc) is 2.65. The summed E-state index contributed by atoms with van der Waals surface area (Å²) < 4.78 is 11.4. The van der Waals surface area contributed by atoms with Crippen molar-refractivity contribution in [2.75, 3.05) is 26.3 Å². The van der Waals surface area contributed by atoms with Crippen LogP contribution in [0.5, 0.6) is 0 Å². The first kappa shape index (κ1) is 10.2. The van der Waals surface area contributed by atoms with Gasteiger partial charge in [-0.1, -0.05) is 0 Å². The number of morpholine rings is 1. The van der Waals surface area contributed by atoms with E-state index in [1.807, 2.05) is 12.3 Å². The summed E-state index contributed by atoms with van der Waals surface area (Å²) in [7, 11) is 0. The van der Waals surface area contributed by atoms with Gasteiger partial charge in [0.2, 0.25) is 0 Å². The molecule has 0 saturated carbocycles. The normalized spacial score (nSPS) is 21.0. The monoisotopic (exact) mass is 259 g/mol. The summed E-state index contributed by atoms with van der Waals surface area (Å²) >= 11 is 3.31. The molecule has 1 fully saturated rings. The number of furan rings is 1. The fourth-order valence-electron chi connectivity index (χ4n) is 1.72. The van der Waals surface area contributed by atoms with Crippen LogP contribution in [0.2, 0.25) is 0 Å². The molecule has 1 unspecified atom stereocenters. The van der Waals surface area contributed by atoms with E-state index in [1.54, 1.807) is 0 Å². The number of nitrogens with zero attached hydrogens (tertiary/aromatic N) is 1. The summed E-state index contributed by atoms with van der Waals surface area (Å²) in [6, 6.07) is 2.44. The third kappa shape index (κ3) is 2.19. The van der Waals surface area contributed by atoms with E-state index in [1.165, 1.54) is 5.56 Å². The zero-order chi connectivity index (χ0) is 9.97. The minimum atomic E-state index is 0.411. The first-order valence-electron chi connectivity index (χ1n) is 4.83. The van der Waals surface area contributed by atoms with Crippen LogP contribution in [0.15, 0.2) is 21.4 Å². The van der Waals surface area contributed by atoms with Crippen LogP contribution in [0.1, 0.15) is 18.5 Å². The molecule has 3 nitrogen and oxygen atoms in total. The molecule has 0 N–H and O–H groups in total. The number of rotatable bonds is 2. The SMILES string of the molecule is CC(c1coc(Br)c1)N1CCOCC1. The lowest BCUT2D eigenvalue weighted by Gasteiger charge is -2.31. The zero-order valence-electron chi connectivity index (χ0n) is 8.20. The molecule has 2 heterocycles. The van der Waals surface area contributed by atoms with Gasteiger partial charge in [-0.15, -0.1) is 0 Å². The van der Waals surface area contributed by atoms with Crippen LogP contribution in [0.25, 0.3) is 0 Å². The van der Waals surface area contributed by atoms with E-state index in [4.69, 9.17) is 9.15 Å². The molecule has 1 aliphatic rings. The molecule has 78 valence electrons. The molecule has 0 aliphatic carbocycles. The van der Waals surface area contributed by atoms with Crippen LogP contribution >= 0.6 is 15.9 Å². The Morgan fingerprint density at radius 2 is 2.14 bits per heavy atom. The average molecular weight is 260 g/mol. The Morgan fingerprint density at radius 1 is 1.43 bits per heavy atom. The third-order valence-electron chi connectivity index (χ3n) is 2.66. The molecular weight excluding hydrogens is 246 g/mol. The molecule has 0 aromatic carbocycles. The van der Waals surface area contributed by atoms with Gasteiger partial charge in [0.05, 0.1) is 19.5 Å². The standard InChI is InChI=1S/C10H14BrNO2/c1-8(9-6-10(11)14-7-9)12-2-4-13-5-3-12/h6-8H,2-5H2,1H3. The highest BCUT2D eigenvalue weighted by Crippen LogP contribution is 2.25. The Kier molecular flexibility index (Phi) is 3.26. The number of ether oxygens (including phenoxy) is 1. The lowest BCUT2D eigenvalue weighted by molar-refractivity contribution is 0.0197. The first-order chi connectivity index (χ1) is 6.77. The van der Waals surface area contributed by atoms with Crippen LogP contribution in [0, 0.1) is 0 Å². The zero-order valence-corrected chi connectivity index (χ0v) is 9.79. The van der Waals surface area contributed by atoms with Crippen molar-refractivity contribution >= 4 is 15.9 Å². The lowest BCUT2D eigenvalue weighted by Crippen LogP contribution is -2.37. The van der Waals surface area contributed by atoms with Crippen LogP contribution in [-0.2, 0) is 4.74 Å². The predicted molar refractivity (Wildman–Crippen MR) is 57.2 cm³/mol. The third-order valence-corrected chi connectivity index (χ3v) is 3.08. The summed E-state index contributed by atoms with van der Waals surface area (Å²) in [6.45, 7) is 5.88. The van der Waals surface area contributed by atoms with Gasteiger partial charge in [0.25, 0.3) is 0 Å². The lowest BCUT2D eigenvalue weighted by atomic mass is 10.1. The molecule has 4 heteroatoms. The smallest absolute Gasteiger partial charge is 0.169 e. The van der Waals surface area contributed by atoms with Gasteiger partial charge in [-0.2, -0.15) is 0 Å². The Balaban J connectivity index is 2.03. The largest absolute Gasteiger partial charge is 0.457 e. The molecule has 0 spiro atoms. The second kappa shape index (κ2) is 4.47. The fourth-order valence-corrected chi connectivity index (χ4v) is 2.08. The highest BCUT2D eigenvalue weighted by molar-refractivity contribution is 9.10. The molecule has 14 heavy (non-hydrogen) atoms. The maximum absolute atomic E-state index is 5.32. The molecule has 1 aromatic rings. The minimum Gasteiger partial charge on any atom is -0.457 e. The molecule has 1 aromatic heterocycles. The summed E-state index contributed by atoms with van der Waals surface area (Å²) in [5.74, 6) is 0. The maximum atomic E-state index is 5.32. The summed E-state index contributed by atoms with van der Waals surface area (Å²) in [5.41, 5.74) is 1.22. The summed E-state index contributed by atoms with van der Waals surface area (Å²) in [4.78, 5) is 2.40. The molecule has 0 amide bonds. The summed E-state index contributed by atoms with van der Waals surface area (Å²) in [5, 5.41) is 0. The van der Waals surface area contributed by atoms with Gasteiger partial charge in [0, 0.05) is 24.7 Å². The highest BCUT2D eigenvalue weighted by Gasteiger charge is 2.19. The number of hydrogen-bond donors (Lipinski definition) is 0. The van der Waals surface area contributed by atoms with Gasteiger partial charge in [0.15, 0.2) is 4.67 Å². The van der Waals surface area contributed by atoms with Gasteiger partial charge >= 0.3 is 0 Å². The second-order valence-electron chi connectivity index (χ2n) is 3.51. The van der Waals surface area contributed by atoms with E-state index in [0.29, 0.717) is 6.04 Å². The highest BCUT2D eigenvalue weighted by atomic mass is 79.9. The number of halogens is 1. The molecule has 2 rings (SSSR count). The van der Waals surface area contributed by atoms with Gasteiger partial charge in [0.1, 0.15) is 0 Å². The Hall–Kier alpha value is -0.320. The Bertz CT molecular complexity index is 294. The quantitative estimate of drug-likeness (QED) is 0.816. The molecule has 0 bridgehead atoms. The Morgan fingerprint density at radius 3 is 2.71 bits per heavy atom. The molecule has 1 atom stereocenters. The van der Waals surface area contributed by atoms with Crippen molar-refractivity contribution in [3.8, 4) is 0 Å². The summed E-state index contributed by atoms with van der Waals surface area (Å²) in [6.07, 6.45) is 1.81. The van der Waals surface area contributed by atoms with E-state index < -0.39 is 0 Å². The van der Waals surface area contributed by atoms with Gasteiger partial charge in [-0.05, 0) is 28.9 Å². The minimum absolute atomic E-state index is 0.411. The Labute approximate surface area is 92.2 Å². The molecule has 0 radical (unpaired) electrons. The van der Waals surface area contributed by atoms with Crippen molar-refractivity contribution in [3.05, 3.63) is 22.6 Å². The van der Waals surface area contributed by atoms with E-state index in [-0.39, 0.29) is 0 Å². The fraction of sp³-hybridized carbons (Fsp3) is 0.600. The van der Waals surface area contributed by atoms with Crippen LogP contribution < -0.4 is 0 Å². The predicted octanol–water partition coefficient (Wildman–Crippen LogP) is 2.44. The van der Waals surface area contributed by atoms with E-state index in [2.05, 4.69) is 27.8 Å². The maximum Gasteiger partial charge on any atom is 0.169 e. The van der Waals surface area contributed by atoms with Crippen molar-refractivity contribution < 1.29 is 9.15 Å². The van der Waals surface area contributed by atoms with E-state index in [9.17, 15) is 0 Å². The molecular formula is C10H14BrNO2. The van der Waals surface area contributed by atoms with Crippen LogP contribution in [-0.4, -0.2) is 31.2 Å². The molecule has 1 aliphatic heterocycles. The van der Waals surface area contributed by atoms with Crippen LogP contribution in [0.4, 0.5) is 0 Å². The van der Waals surface area contributed by atoms with Gasteiger partial charge in [-0.3, -0.25) is 4.90 Å². The van der Waals surface area contributed by atoms with Crippen molar-refractivity contribution in [3.63, 3.8) is 0 Å². The van der Waals surface area contributed by atoms with Crippen molar-refractivity contribution in [1.82, 2.24) is 4.90 Å². The topological polar surface area (TPSA) is 25.6 Å². The van der Waals surface area contributed by atoms with Gasteiger partial charge < -0.3 is 9.15 Å². The van der Waals surface area contributed by atoms with Gasteiger partial charge in [-0.25, -0.2) is 0 Å². The number of hydrogen-bond acceptors (Lipinski definition) is 3. The van der Waals surface area contributed by atoms with E-state index in [0.717, 1.165) is 31.0 Å². The van der Waals surface area contributed by atoms with Crippen molar-refractivity contribution in [2.45, 2.75) is 13.0 Å². The first-order valence-corrected chi connectivity index (χ1v) is 5.62. The van der Waals surface area contributed by atoms with Crippen LogP contribution in [0.3, 0.4) is 0 Å². The second-order valence-corrected chi connectivity index (χ2v) is 4.29. The van der Waals surface area contributed by atoms with Crippen molar-refractivity contribution in [1.29, 1.82) is 0 Å².